The third kappa shape index (κ3) is 4.64. The second-order valence-electron chi connectivity index (χ2n) is 6.09. The van der Waals surface area contributed by atoms with E-state index < -0.39 is 11.5 Å². The molecule has 4 rings (SSSR count). The Kier molecular flexibility index (Phi) is 8.84. The van der Waals surface area contributed by atoms with Crippen LogP contribution >= 0.6 is 46.4 Å². The normalized spacial score (nSPS) is 10.6. The molecule has 0 aromatic heterocycles. The van der Waals surface area contributed by atoms with Crippen molar-refractivity contribution in [1.82, 2.24) is 0 Å². The first-order valence-corrected chi connectivity index (χ1v) is 9.47. The summed E-state index contributed by atoms with van der Waals surface area (Å²) in [5.41, 5.74) is -0.150. The molecular weight excluding hydrogens is 508 g/mol. The Morgan fingerprint density at radius 2 is 1.48 bits per heavy atom. The molecule has 1 aliphatic carbocycles. The summed E-state index contributed by atoms with van der Waals surface area (Å²) in [7, 11) is 0. The molecule has 11 heteroatoms. The van der Waals surface area contributed by atoms with Gasteiger partial charge in [0.15, 0.2) is 5.43 Å². The number of fused-ring (bicyclic) bond motifs is 2. The van der Waals surface area contributed by atoms with Gasteiger partial charge in [0.2, 0.25) is 0 Å². The zero-order valence-corrected chi connectivity index (χ0v) is 23.0. The van der Waals surface area contributed by atoms with E-state index in [1.54, 1.807) is 0 Å². The maximum Gasteiger partial charge on any atom is 1.00 e. The number of carboxylic acid groups (broad SMARTS) is 1. The number of carbonyl (C=O) groups is 1. The monoisotopic (exact) mass is 512 g/mol. The number of rotatable bonds is 2. The average Bonchev–Trinajstić information content (AvgIpc) is 2.66. The van der Waals surface area contributed by atoms with E-state index in [-0.39, 0.29) is 113 Å². The maximum absolute atomic E-state index is 11.9. The van der Waals surface area contributed by atoms with Crippen molar-refractivity contribution in [3.8, 4) is 28.2 Å². The number of carboxylic acids is 1. The van der Waals surface area contributed by atoms with Crippen molar-refractivity contribution in [3.63, 3.8) is 0 Å². The van der Waals surface area contributed by atoms with Gasteiger partial charge in [0.1, 0.15) is 11.3 Å². The number of hydrogen-bond acceptors (Lipinski definition) is 5. The molecule has 0 radical (unpaired) electrons. The first kappa shape index (κ1) is 26.8. The summed E-state index contributed by atoms with van der Waals surface area (Å²) in [5, 5.41) is 23.2. The van der Waals surface area contributed by atoms with Crippen LogP contribution in [0, 0.1) is 0 Å². The van der Waals surface area contributed by atoms with E-state index in [1.165, 1.54) is 36.4 Å². The Balaban J connectivity index is 0.00000171. The smallest absolute Gasteiger partial charge is 0.872 e. The van der Waals surface area contributed by atoms with Crippen LogP contribution in [0.2, 0.25) is 20.1 Å². The quantitative estimate of drug-likeness (QED) is 0.143. The first-order valence-electron chi connectivity index (χ1n) is 7.96. The van der Waals surface area contributed by atoms with E-state index >= 15 is 0 Å². The summed E-state index contributed by atoms with van der Waals surface area (Å²) in [6.07, 6.45) is 0. The standard InChI is InChI=1S/C20H8Cl4O5.2Na/c21-16-14(15(20(27)28)17(22)19(24)18(16)23)13-9-3-1-7(25)5-11(9)29-12-6-8(26)2-4-10(12)13;;/h1-6,25H,(H,27,28);;/q;2*+1/p-2. The number of carbonyl (C=O) groups excluding carboxylic acids is 1. The molecular formula is C20H6Cl4Na2O5. The molecule has 2 aromatic rings. The maximum atomic E-state index is 11.9. The van der Waals surface area contributed by atoms with Gasteiger partial charge in [-0.15, -0.1) is 5.75 Å². The first-order chi connectivity index (χ1) is 13.7. The van der Waals surface area contributed by atoms with E-state index in [4.69, 9.17) is 50.8 Å². The van der Waals surface area contributed by atoms with Crippen LogP contribution in [0.4, 0.5) is 0 Å². The SMILES string of the molecule is O=C([O-])c1c(Cl)c(Cl)c(Cl)c(Cl)c1-c1c2ccc(=O)cc-2oc2cc([O-])ccc12.[Na+].[Na+]. The fourth-order valence-electron chi connectivity index (χ4n) is 3.18. The van der Waals surface area contributed by atoms with Crippen LogP contribution in [0.5, 0.6) is 5.75 Å². The predicted octanol–water partition coefficient (Wildman–Crippen LogP) is -1.38. The van der Waals surface area contributed by atoms with Gasteiger partial charge in [0.05, 0.1) is 26.1 Å². The van der Waals surface area contributed by atoms with Crippen molar-refractivity contribution in [3.05, 3.63) is 72.3 Å². The zero-order chi connectivity index (χ0) is 21.0. The van der Waals surface area contributed by atoms with Crippen LogP contribution in [0.3, 0.4) is 0 Å². The van der Waals surface area contributed by atoms with Gasteiger partial charge in [-0.05, 0) is 18.2 Å². The van der Waals surface area contributed by atoms with Crippen LogP contribution in [0.1, 0.15) is 10.4 Å². The van der Waals surface area contributed by atoms with Crippen LogP contribution < -0.4 is 74.8 Å². The van der Waals surface area contributed by atoms with E-state index in [9.17, 15) is 19.8 Å². The second-order valence-corrected chi connectivity index (χ2v) is 7.60. The van der Waals surface area contributed by atoms with Crippen LogP contribution in [0.25, 0.3) is 33.4 Å². The molecule has 0 fully saturated rings. The Hall–Kier alpha value is -0.440. The van der Waals surface area contributed by atoms with E-state index in [2.05, 4.69) is 0 Å². The fraction of sp³-hybridized carbons (Fsp3) is 0. The number of benzene rings is 3. The van der Waals surface area contributed by atoms with Crippen molar-refractivity contribution < 1.29 is 78.5 Å². The summed E-state index contributed by atoms with van der Waals surface area (Å²) >= 11 is 24.8. The molecule has 0 N–H and O–H groups in total. The molecule has 1 heterocycles. The van der Waals surface area contributed by atoms with Gasteiger partial charge in [-0.25, -0.2) is 0 Å². The Labute approximate surface area is 239 Å². The van der Waals surface area contributed by atoms with Gasteiger partial charge in [0.25, 0.3) is 0 Å². The predicted molar refractivity (Wildman–Crippen MR) is 108 cm³/mol. The molecule has 0 bridgehead atoms. The third-order valence-electron chi connectivity index (χ3n) is 4.39. The van der Waals surface area contributed by atoms with E-state index in [0.29, 0.717) is 10.9 Å². The van der Waals surface area contributed by atoms with Crippen LogP contribution in [-0.4, -0.2) is 5.97 Å². The van der Waals surface area contributed by atoms with Crippen molar-refractivity contribution in [2.24, 2.45) is 0 Å². The van der Waals surface area contributed by atoms with Crippen molar-refractivity contribution in [1.29, 1.82) is 0 Å². The molecule has 0 atom stereocenters. The van der Waals surface area contributed by atoms with E-state index in [0.717, 1.165) is 0 Å². The van der Waals surface area contributed by atoms with Gasteiger partial charge >= 0.3 is 59.1 Å². The molecule has 31 heavy (non-hydrogen) atoms. The molecule has 146 valence electrons. The molecule has 0 spiro atoms. The Morgan fingerprint density at radius 3 is 2.13 bits per heavy atom. The summed E-state index contributed by atoms with van der Waals surface area (Å²) in [4.78, 5) is 23.8. The summed E-state index contributed by atoms with van der Waals surface area (Å²) in [6.45, 7) is 0. The second kappa shape index (κ2) is 10.2. The molecule has 2 aliphatic rings. The van der Waals surface area contributed by atoms with Crippen molar-refractivity contribution in [2.45, 2.75) is 0 Å². The molecule has 0 saturated heterocycles. The Morgan fingerprint density at radius 1 is 0.839 bits per heavy atom. The minimum atomic E-state index is -1.63. The van der Waals surface area contributed by atoms with Gasteiger partial charge in [-0.1, -0.05) is 58.5 Å². The molecule has 0 amide bonds. The molecule has 1 aliphatic heterocycles. The largest absolute Gasteiger partial charge is 1.00 e. The zero-order valence-electron chi connectivity index (χ0n) is 16.0. The van der Waals surface area contributed by atoms with Gasteiger partial charge < -0.3 is 19.4 Å². The number of aromatic carboxylic acids is 1. The van der Waals surface area contributed by atoms with Gasteiger partial charge in [0, 0.05) is 33.7 Å². The topological polar surface area (TPSA) is 93.4 Å². The molecule has 0 saturated carbocycles. The minimum Gasteiger partial charge on any atom is -0.872 e. The van der Waals surface area contributed by atoms with Gasteiger partial charge in [-0.2, -0.15) is 0 Å². The summed E-state index contributed by atoms with van der Waals surface area (Å²) in [6, 6.07) is 7.88. The average molecular weight is 514 g/mol. The molecule has 0 unspecified atom stereocenters. The van der Waals surface area contributed by atoms with Crippen molar-refractivity contribution >= 4 is 63.3 Å². The minimum absolute atomic E-state index is 0. The van der Waals surface area contributed by atoms with Crippen LogP contribution in [-0.2, 0) is 0 Å². The Bertz CT molecular complexity index is 1370. The van der Waals surface area contributed by atoms with E-state index in [1.807, 2.05) is 0 Å². The summed E-state index contributed by atoms with van der Waals surface area (Å²) in [5.74, 6) is -1.86. The number of halogens is 4. The molecule has 2 aromatic carbocycles. The van der Waals surface area contributed by atoms with Crippen molar-refractivity contribution in [2.75, 3.05) is 0 Å². The van der Waals surface area contributed by atoms with Gasteiger partial charge in [-0.3, -0.25) is 4.79 Å². The third-order valence-corrected chi connectivity index (χ3v) is 6.19. The fourth-order valence-corrected chi connectivity index (χ4v) is 4.20. The summed E-state index contributed by atoms with van der Waals surface area (Å²) < 4.78 is 5.70. The molecule has 5 nitrogen and oxygen atoms in total. The number of hydrogen-bond donors (Lipinski definition) is 0. The van der Waals surface area contributed by atoms with Crippen LogP contribution in [0.15, 0.2) is 45.6 Å².